The van der Waals surface area contributed by atoms with Crippen LogP contribution in [0.2, 0.25) is 0 Å². The minimum Gasteiger partial charge on any atom is -0.497 e. The lowest BCUT2D eigenvalue weighted by atomic mass is 9.95. The number of nitrogens with two attached hydrogens (primary N) is 1. The van der Waals surface area contributed by atoms with Crippen LogP contribution in [0.25, 0.3) is 0 Å². The monoisotopic (exact) mass is 206 g/mol. The summed E-state index contributed by atoms with van der Waals surface area (Å²) < 4.78 is 5.15. The van der Waals surface area contributed by atoms with Crippen molar-refractivity contribution in [3.8, 4) is 5.75 Å². The number of hydrogen-bond acceptors (Lipinski definition) is 3. The van der Waals surface area contributed by atoms with Crippen LogP contribution >= 0.6 is 0 Å². The summed E-state index contributed by atoms with van der Waals surface area (Å²) in [5.41, 5.74) is 6.49. The Kier molecular flexibility index (Phi) is 2.26. The molecule has 0 radical (unpaired) electrons. The summed E-state index contributed by atoms with van der Waals surface area (Å²) in [5, 5.41) is 11.8. The molecule has 0 heterocycles. The molecular formula is C11H14N2O2. The third-order valence-electron chi connectivity index (χ3n) is 2.97. The van der Waals surface area contributed by atoms with Gasteiger partial charge in [-0.2, -0.15) is 0 Å². The van der Waals surface area contributed by atoms with Crippen molar-refractivity contribution in [3.05, 3.63) is 29.8 Å². The fourth-order valence-corrected chi connectivity index (χ4v) is 1.83. The van der Waals surface area contributed by atoms with E-state index in [1.165, 1.54) is 0 Å². The molecule has 4 heteroatoms. The highest BCUT2D eigenvalue weighted by atomic mass is 16.5. The van der Waals surface area contributed by atoms with Gasteiger partial charge in [-0.05, 0) is 30.5 Å². The molecule has 1 saturated carbocycles. The van der Waals surface area contributed by atoms with Gasteiger partial charge in [0.05, 0.1) is 12.5 Å². The minimum atomic E-state index is -0.261. The molecular weight excluding hydrogens is 192 g/mol. The fourth-order valence-electron chi connectivity index (χ4n) is 1.83. The average molecular weight is 206 g/mol. The van der Waals surface area contributed by atoms with Gasteiger partial charge in [-0.15, -0.1) is 0 Å². The lowest BCUT2D eigenvalue weighted by Crippen LogP contribution is -2.28. The van der Waals surface area contributed by atoms with Gasteiger partial charge in [-0.1, -0.05) is 17.3 Å². The molecule has 0 bridgehead atoms. The number of rotatable bonds is 3. The standard InChI is InChI=1S/C11H14N2O2/c1-15-9-4-2-3-8(7-9)11(5-6-11)10(12)13-14/h2-4,7,14H,5-6H2,1H3,(H2,12,13). The quantitative estimate of drug-likeness (QED) is 0.340. The maximum Gasteiger partial charge on any atom is 0.149 e. The largest absolute Gasteiger partial charge is 0.497 e. The van der Waals surface area contributed by atoms with E-state index in [1.54, 1.807) is 7.11 Å². The van der Waals surface area contributed by atoms with Crippen LogP contribution in [0.4, 0.5) is 0 Å². The smallest absolute Gasteiger partial charge is 0.149 e. The number of hydrogen-bond donors (Lipinski definition) is 2. The van der Waals surface area contributed by atoms with E-state index in [-0.39, 0.29) is 11.3 Å². The zero-order chi connectivity index (χ0) is 10.9. The Morgan fingerprint density at radius 2 is 2.27 bits per heavy atom. The number of benzene rings is 1. The van der Waals surface area contributed by atoms with Gasteiger partial charge in [0.2, 0.25) is 0 Å². The third-order valence-corrected chi connectivity index (χ3v) is 2.97. The fraction of sp³-hybridized carbons (Fsp3) is 0.364. The molecule has 3 N–H and O–H groups in total. The van der Waals surface area contributed by atoms with E-state index < -0.39 is 0 Å². The molecule has 1 aliphatic rings. The predicted octanol–water partition coefficient (Wildman–Crippen LogP) is 1.47. The first kappa shape index (κ1) is 9.83. The molecule has 80 valence electrons. The lowest BCUT2D eigenvalue weighted by molar-refractivity contribution is 0.315. The molecule has 0 spiro atoms. The Labute approximate surface area is 88.3 Å². The maximum absolute atomic E-state index is 8.73. The summed E-state index contributed by atoms with van der Waals surface area (Å²) in [6, 6.07) is 7.71. The van der Waals surface area contributed by atoms with Gasteiger partial charge in [-0.25, -0.2) is 0 Å². The molecule has 0 amide bonds. The molecule has 1 aromatic carbocycles. The van der Waals surface area contributed by atoms with E-state index in [2.05, 4.69) is 5.16 Å². The van der Waals surface area contributed by atoms with Gasteiger partial charge in [0, 0.05) is 0 Å². The summed E-state index contributed by atoms with van der Waals surface area (Å²) in [6.07, 6.45) is 1.85. The summed E-state index contributed by atoms with van der Waals surface area (Å²) in [6.45, 7) is 0. The SMILES string of the molecule is COc1cccc(C2(/C(N)=N/O)CC2)c1. The van der Waals surface area contributed by atoms with Crippen LogP contribution in [0.3, 0.4) is 0 Å². The van der Waals surface area contributed by atoms with Gasteiger partial charge in [0.1, 0.15) is 11.6 Å². The second kappa shape index (κ2) is 3.46. The van der Waals surface area contributed by atoms with Crippen molar-refractivity contribution in [2.45, 2.75) is 18.3 Å². The number of oxime groups is 1. The highest BCUT2D eigenvalue weighted by Crippen LogP contribution is 2.48. The van der Waals surface area contributed by atoms with Crippen molar-refractivity contribution in [2.24, 2.45) is 10.9 Å². The lowest BCUT2D eigenvalue weighted by Gasteiger charge is -2.14. The van der Waals surface area contributed by atoms with Crippen molar-refractivity contribution in [2.75, 3.05) is 7.11 Å². The van der Waals surface area contributed by atoms with Crippen LogP contribution in [-0.4, -0.2) is 18.2 Å². The van der Waals surface area contributed by atoms with E-state index in [0.717, 1.165) is 24.2 Å². The average Bonchev–Trinajstić information content (AvgIpc) is 3.09. The second-order valence-electron chi connectivity index (χ2n) is 3.80. The maximum atomic E-state index is 8.73. The molecule has 1 fully saturated rings. The number of nitrogens with zero attached hydrogens (tertiary/aromatic N) is 1. The zero-order valence-electron chi connectivity index (χ0n) is 8.60. The van der Waals surface area contributed by atoms with Crippen LogP contribution in [-0.2, 0) is 5.41 Å². The van der Waals surface area contributed by atoms with Gasteiger partial charge >= 0.3 is 0 Å². The van der Waals surface area contributed by atoms with Gasteiger partial charge in [0.15, 0.2) is 0 Å². The molecule has 2 rings (SSSR count). The van der Waals surface area contributed by atoms with Crippen LogP contribution < -0.4 is 10.5 Å². The van der Waals surface area contributed by atoms with Crippen molar-refractivity contribution in [1.82, 2.24) is 0 Å². The molecule has 0 saturated heterocycles. The molecule has 1 aliphatic carbocycles. The highest BCUT2D eigenvalue weighted by molar-refractivity contribution is 5.94. The van der Waals surface area contributed by atoms with E-state index in [1.807, 2.05) is 24.3 Å². The van der Waals surface area contributed by atoms with Crippen molar-refractivity contribution >= 4 is 5.84 Å². The van der Waals surface area contributed by atoms with E-state index in [4.69, 9.17) is 15.7 Å². The van der Waals surface area contributed by atoms with Crippen LogP contribution in [0.15, 0.2) is 29.4 Å². The third kappa shape index (κ3) is 1.52. The zero-order valence-corrected chi connectivity index (χ0v) is 8.60. The molecule has 4 nitrogen and oxygen atoms in total. The normalized spacial score (nSPS) is 18.6. The van der Waals surface area contributed by atoms with Crippen molar-refractivity contribution < 1.29 is 9.94 Å². The summed E-state index contributed by atoms with van der Waals surface area (Å²) >= 11 is 0. The highest BCUT2D eigenvalue weighted by Gasteiger charge is 2.48. The van der Waals surface area contributed by atoms with Crippen LogP contribution in [0.1, 0.15) is 18.4 Å². The minimum absolute atomic E-state index is 0.261. The molecule has 0 aliphatic heterocycles. The van der Waals surface area contributed by atoms with E-state index in [9.17, 15) is 0 Å². The summed E-state index contributed by atoms with van der Waals surface area (Å²) in [7, 11) is 1.63. The van der Waals surface area contributed by atoms with Crippen molar-refractivity contribution in [3.63, 3.8) is 0 Å². The molecule has 15 heavy (non-hydrogen) atoms. The first-order valence-corrected chi connectivity index (χ1v) is 4.85. The molecule has 1 aromatic rings. The first-order valence-electron chi connectivity index (χ1n) is 4.85. The topological polar surface area (TPSA) is 67.8 Å². The van der Waals surface area contributed by atoms with E-state index >= 15 is 0 Å². The number of amidine groups is 1. The Morgan fingerprint density at radius 3 is 2.80 bits per heavy atom. The molecule has 0 atom stereocenters. The number of methoxy groups -OCH3 is 1. The Hall–Kier alpha value is -1.71. The van der Waals surface area contributed by atoms with Crippen molar-refractivity contribution in [1.29, 1.82) is 0 Å². The van der Waals surface area contributed by atoms with Gasteiger partial charge in [0.25, 0.3) is 0 Å². The Morgan fingerprint density at radius 1 is 1.53 bits per heavy atom. The molecule has 0 aromatic heterocycles. The van der Waals surface area contributed by atoms with Gasteiger partial charge in [-0.3, -0.25) is 0 Å². The van der Waals surface area contributed by atoms with Crippen LogP contribution in [0.5, 0.6) is 5.75 Å². The molecule has 0 unspecified atom stereocenters. The van der Waals surface area contributed by atoms with Crippen LogP contribution in [0, 0.1) is 0 Å². The number of ether oxygens (including phenoxy) is 1. The Balaban J connectivity index is 2.37. The second-order valence-corrected chi connectivity index (χ2v) is 3.80. The van der Waals surface area contributed by atoms with E-state index in [0.29, 0.717) is 0 Å². The van der Waals surface area contributed by atoms with Gasteiger partial charge < -0.3 is 15.7 Å². The predicted molar refractivity (Wildman–Crippen MR) is 57.3 cm³/mol. The Bertz CT molecular complexity index is 397. The summed E-state index contributed by atoms with van der Waals surface area (Å²) in [5.74, 6) is 1.08. The first-order chi connectivity index (χ1) is 7.23. The summed E-state index contributed by atoms with van der Waals surface area (Å²) in [4.78, 5) is 0.